The molecule has 3 fully saturated rings. The van der Waals surface area contributed by atoms with Crippen LogP contribution in [0.25, 0.3) is 10.4 Å². The summed E-state index contributed by atoms with van der Waals surface area (Å²) in [4.78, 5) is 57.9. The number of amides is 3. The maximum atomic E-state index is 13.8. The number of nitrogens with one attached hydrogen (secondary N) is 1. The highest BCUT2D eigenvalue weighted by atomic mass is 32.1. The molecule has 40 heavy (non-hydrogen) atoms. The molecule has 0 bridgehead atoms. The van der Waals surface area contributed by atoms with Gasteiger partial charge in [-0.2, -0.15) is 0 Å². The van der Waals surface area contributed by atoms with Crippen molar-refractivity contribution >= 4 is 34.8 Å². The third-order valence-electron chi connectivity index (χ3n) is 8.69. The minimum atomic E-state index is -0.749. The Labute approximate surface area is 240 Å². The third-order valence-corrected chi connectivity index (χ3v) is 9.61. The SMILES string of the molecule is CC(C)CC(NC(=O)c1ccc(-c2cccs2)cc1)C(=O)N1CCC2C1C(=O)CN2C(=O)CC1CCCCC1N. The highest BCUT2D eigenvalue weighted by molar-refractivity contribution is 7.13. The van der Waals surface area contributed by atoms with E-state index < -0.39 is 12.1 Å². The number of hydrogen-bond donors (Lipinski definition) is 2. The molecule has 1 aromatic carbocycles. The topological polar surface area (TPSA) is 113 Å². The van der Waals surface area contributed by atoms with E-state index in [9.17, 15) is 19.2 Å². The van der Waals surface area contributed by atoms with Gasteiger partial charge in [-0.25, -0.2) is 0 Å². The lowest BCUT2D eigenvalue weighted by atomic mass is 9.82. The summed E-state index contributed by atoms with van der Waals surface area (Å²) in [5.41, 5.74) is 7.80. The van der Waals surface area contributed by atoms with Crippen LogP contribution in [0.5, 0.6) is 0 Å². The van der Waals surface area contributed by atoms with Crippen LogP contribution in [-0.2, 0) is 14.4 Å². The maximum Gasteiger partial charge on any atom is 0.251 e. The third kappa shape index (κ3) is 6.00. The van der Waals surface area contributed by atoms with Crippen LogP contribution in [-0.4, -0.2) is 70.6 Å². The van der Waals surface area contributed by atoms with Gasteiger partial charge in [0.1, 0.15) is 12.1 Å². The molecule has 5 unspecified atom stereocenters. The fourth-order valence-electron chi connectivity index (χ4n) is 6.58. The van der Waals surface area contributed by atoms with Crippen molar-refractivity contribution in [3.63, 3.8) is 0 Å². The summed E-state index contributed by atoms with van der Waals surface area (Å²) < 4.78 is 0. The van der Waals surface area contributed by atoms with Crippen LogP contribution >= 0.6 is 11.3 Å². The summed E-state index contributed by atoms with van der Waals surface area (Å²) in [6.45, 7) is 4.45. The molecular formula is C31H40N4O4S. The molecule has 0 spiro atoms. The van der Waals surface area contributed by atoms with Gasteiger partial charge in [0.15, 0.2) is 5.78 Å². The van der Waals surface area contributed by atoms with Crippen LogP contribution in [0.1, 0.15) is 69.2 Å². The van der Waals surface area contributed by atoms with Crippen molar-refractivity contribution in [2.24, 2.45) is 17.6 Å². The van der Waals surface area contributed by atoms with E-state index in [4.69, 9.17) is 5.73 Å². The molecule has 0 radical (unpaired) electrons. The van der Waals surface area contributed by atoms with Gasteiger partial charge in [0.25, 0.3) is 5.91 Å². The molecule has 214 valence electrons. The number of hydrogen-bond acceptors (Lipinski definition) is 6. The summed E-state index contributed by atoms with van der Waals surface area (Å²) in [6.07, 6.45) is 5.46. The number of thiophene rings is 1. The molecule has 3 aliphatic rings. The van der Waals surface area contributed by atoms with Gasteiger partial charge >= 0.3 is 0 Å². The van der Waals surface area contributed by atoms with Crippen LogP contribution in [0, 0.1) is 11.8 Å². The molecule has 1 aromatic heterocycles. The molecule has 1 saturated carbocycles. The van der Waals surface area contributed by atoms with E-state index in [1.54, 1.807) is 33.3 Å². The molecule has 2 saturated heterocycles. The Kier molecular flexibility index (Phi) is 8.71. The lowest BCUT2D eigenvalue weighted by Crippen LogP contribution is -2.53. The maximum absolute atomic E-state index is 13.8. The second-order valence-corrected chi connectivity index (χ2v) is 12.9. The van der Waals surface area contributed by atoms with Crippen molar-refractivity contribution in [3.05, 3.63) is 47.3 Å². The monoisotopic (exact) mass is 564 g/mol. The van der Waals surface area contributed by atoms with E-state index in [1.807, 2.05) is 43.5 Å². The van der Waals surface area contributed by atoms with E-state index in [-0.39, 0.29) is 54.0 Å². The van der Waals surface area contributed by atoms with Crippen molar-refractivity contribution in [1.82, 2.24) is 15.1 Å². The second-order valence-electron chi connectivity index (χ2n) is 11.9. The Morgan fingerprint density at radius 3 is 2.48 bits per heavy atom. The minimum absolute atomic E-state index is 0.0285. The molecular weight excluding hydrogens is 524 g/mol. The number of nitrogens with zero attached hydrogens (tertiary/aromatic N) is 2. The molecule has 1 aliphatic carbocycles. The Bertz CT molecular complexity index is 1230. The molecule has 3 N–H and O–H groups in total. The average molecular weight is 565 g/mol. The smallest absolute Gasteiger partial charge is 0.251 e. The van der Waals surface area contributed by atoms with Crippen LogP contribution in [0.2, 0.25) is 0 Å². The number of Topliss-reactive ketones (excluding diaryl/α,β-unsaturated/α-hetero) is 1. The number of likely N-dealkylation sites (tertiary alicyclic amines) is 2. The largest absolute Gasteiger partial charge is 0.340 e. The number of carbonyl (C=O) groups excluding carboxylic acids is 4. The van der Waals surface area contributed by atoms with Crippen LogP contribution in [0.15, 0.2) is 41.8 Å². The summed E-state index contributed by atoms with van der Waals surface area (Å²) in [6, 6.07) is 9.72. The Morgan fingerprint density at radius 2 is 1.80 bits per heavy atom. The zero-order chi connectivity index (χ0) is 28.4. The van der Waals surface area contributed by atoms with Crippen LogP contribution in [0.4, 0.5) is 0 Å². The average Bonchev–Trinajstić information content (AvgIpc) is 3.68. The first-order chi connectivity index (χ1) is 19.2. The minimum Gasteiger partial charge on any atom is -0.340 e. The number of benzene rings is 1. The highest BCUT2D eigenvalue weighted by Crippen LogP contribution is 2.33. The predicted octanol–water partition coefficient (Wildman–Crippen LogP) is 3.85. The Balaban J connectivity index is 1.25. The van der Waals surface area contributed by atoms with E-state index >= 15 is 0 Å². The number of fused-ring (bicyclic) bond motifs is 1. The normalized spacial score (nSPS) is 25.2. The number of nitrogens with two attached hydrogens (primary N) is 1. The van der Waals surface area contributed by atoms with E-state index in [0.717, 1.165) is 36.1 Å². The lowest BCUT2D eigenvalue weighted by molar-refractivity contribution is -0.138. The van der Waals surface area contributed by atoms with Crippen molar-refractivity contribution in [2.45, 2.75) is 83.0 Å². The number of carbonyl (C=O) groups is 4. The molecule has 3 heterocycles. The quantitative estimate of drug-likeness (QED) is 0.506. The molecule has 8 nitrogen and oxygen atoms in total. The fourth-order valence-corrected chi connectivity index (χ4v) is 7.32. The molecule has 9 heteroatoms. The van der Waals surface area contributed by atoms with Crippen molar-refractivity contribution in [2.75, 3.05) is 13.1 Å². The van der Waals surface area contributed by atoms with Crippen molar-refractivity contribution in [3.8, 4) is 10.4 Å². The molecule has 3 amide bonds. The fraction of sp³-hybridized carbons (Fsp3) is 0.548. The number of rotatable bonds is 8. The number of ketones is 1. The van der Waals surface area contributed by atoms with Crippen LogP contribution in [0.3, 0.4) is 0 Å². The van der Waals surface area contributed by atoms with Gasteiger partial charge < -0.3 is 20.9 Å². The van der Waals surface area contributed by atoms with Gasteiger partial charge in [-0.05, 0) is 66.7 Å². The Hall–Kier alpha value is -3.04. The summed E-state index contributed by atoms with van der Waals surface area (Å²) in [5.74, 6) is -0.385. The van der Waals surface area contributed by atoms with E-state index in [0.29, 0.717) is 31.4 Å². The highest BCUT2D eigenvalue weighted by Gasteiger charge is 2.52. The summed E-state index contributed by atoms with van der Waals surface area (Å²) in [7, 11) is 0. The summed E-state index contributed by atoms with van der Waals surface area (Å²) in [5, 5.41) is 4.96. The molecule has 5 atom stereocenters. The van der Waals surface area contributed by atoms with Crippen LogP contribution < -0.4 is 11.1 Å². The zero-order valence-corrected chi connectivity index (χ0v) is 24.2. The van der Waals surface area contributed by atoms with Gasteiger partial charge in [-0.3, -0.25) is 19.2 Å². The second kappa shape index (κ2) is 12.2. The van der Waals surface area contributed by atoms with Crippen molar-refractivity contribution in [1.29, 1.82) is 0 Å². The van der Waals surface area contributed by atoms with E-state index in [2.05, 4.69) is 5.32 Å². The Morgan fingerprint density at radius 1 is 1.05 bits per heavy atom. The first kappa shape index (κ1) is 28.5. The molecule has 2 aromatic rings. The van der Waals surface area contributed by atoms with Gasteiger partial charge in [-0.15, -0.1) is 11.3 Å². The lowest BCUT2D eigenvalue weighted by Gasteiger charge is -2.31. The first-order valence-corrected chi connectivity index (χ1v) is 15.4. The molecule has 2 aliphatic heterocycles. The van der Waals surface area contributed by atoms with Crippen molar-refractivity contribution < 1.29 is 19.2 Å². The predicted molar refractivity (Wildman–Crippen MR) is 156 cm³/mol. The first-order valence-electron chi connectivity index (χ1n) is 14.6. The van der Waals surface area contributed by atoms with Gasteiger partial charge in [-0.1, -0.05) is 44.9 Å². The zero-order valence-electron chi connectivity index (χ0n) is 23.4. The van der Waals surface area contributed by atoms with Gasteiger partial charge in [0.2, 0.25) is 11.8 Å². The van der Waals surface area contributed by atoms with E-state index in [1.165, 1.54) is 0 Å². The molecule has 5 rings (SSSR count). The summed E-state index contributed by atoms with van der Waals surface area (Å²) >= 11 is 1.64. The van der Waals surface area contributed by atoms with Gasteiger partial charge in [0.05, 0.1) is 12.6 Å². The standard InChI is InChI=1S/C31H40N4O4S/c1-19(2)16-24(33-30(38)21-11-9-20(10-12-21)27-8-5-15-40-27)31(39)34-14-13-25-29(34)26(36)18-35(25)28(37)17-22-6-3-4-7-23(22)32/h5,8-12,15,19,22-25,29H,3-4,6-7,13-14,16-18,32H2,1-2H3,(H,33,38). The van der Waals surface area contributed by atoms with Gasteiger partial charge in [0, 0.05) is 29.4 Å².